The van der Waals surface area contributed by atoms with E-state index >= 15 is 0 Å². The van der Waals surface area contributed by atoms with E-state index in [2.05, 4.69) is 15.7 Å². The average molecular weight is 249 g/mol. The summed E-state index contributed by atoms with van der Waals surface area (Å²) in [5, 5.41) is 2.62. The zero-order valence-corrected chi connectivity index (χ0v) is 10.2. The fraction of sp³-hybridized carbons (Fsp3) is 0.364. The molecule has 1 fully saturated rings. The third kappa shape index (κ3) is 2.12. The van der Waals surface area contributed by atoms with Crippen LogP contribution < -0.4 is 16.6 Å². The molecule has 7 heteroatoms. The van der Waals surface area contributed by atoms with Gasteiger partial charge < -0.3 is 10.7 Å². The lowest BCUT2D eigenvalue weighted by atomic mass is 10.1. The van der Waals surface area contributed by atoms with Gasteiger partial charge in [-0.25, -0.2) is 15.6 Å². The summed E-state index contributed by atoms with van der Waals surface area (Å²) in [6.07, 6.45) is 1.56. The van der Waals surface area contributed by atoms with Crippen LogP contribution in [-0.4, -0.2) is 27.4 Å². The number of nitrogen functional groups attached to an aromatic ring is 1. The van der Waals surface area contributed by atoms with Crippen molar-refractivity contribution < 1.29 is 9.59 Å². The number of nitrogens with zero attached hydrogens (tertiary/aromatic N) is 2. The van der Waals surface area contributed by atoms with Crippen molar-refractivity contribution in [1.29, 1.82) is 0 Å². The molecule has 1 aromatic rings. The van der Waals surface area contributed by atoms with Crippen LogP contribution in [0, 0.1) is 0 Å². The Labute approximate surface area is 104 Å². The molecule has 0 unspecified atom stereocenters. The van der Waals surface area contributed by atoms with Crippen LogP contribution in [0.25, 0.3) is 0 Å². The molecule has 2 heterocycles. The third-order valence-corrected chi connectivity index (χ3v) is 2.76. The van der Waals surface area contributed by atoms with E-state index < -0.39 is 5.54 Å². The van der Waals surface area contributed by atoms with Crippen molar-refractivity contribution in [2.45, 2.75) is 25.9 Å². The van der Waals surface area contributed by atoms with Crippen LogP contribution >= 0.6 is 0 Å². The number of amides is 3. The van der Waals surface area contributed by atoms with Crippen LogP contribution in [0.4, 0.5) is 10.6 Å². The largest absolute Gasteiger partial charge is 0.325 e. The summed E-state index contributed by atoms with van der Waals surface area (Å²) in [4.78, 5) is 28.8. The van der Waals surface area contributed by atoms with Crippen molar-refractivity contribution in [3.63, 3.8) is 0 Å². The molecule has 0 spiro atoms. The normalized spacial score (nSPS) is 17.8. The Kier molecular flexibility index (Phi) is 2.92. The van der Waals surface area contributed by atoms with Gasteiger partial charge in [-0.15, -0.1) is 0 Å². The topological polar surface area (TPSA) is 100 Å². The van der Waals surface area contributed by atoms with Crippen LogP contribution in [0.2, 0.25) is 0 Å². The van der Waals surface area contributed by atoms with Gasteiger partial charge in [-0.3, -0.25) is 9.69 Å². The lowest BCUT2D eigenvalue weighted by Gasteiger charge is -2.16. The minimum Gasteiger partial charge on any atom is -0.324 e. The van der Waals surface area contributed by atoms with Gasteiger partial charge in [-0.2, -0.15) is 0 Å². The molecule has 18 heavy (non-hydrogen) atoms. The van der Waals surface area contributed by atoms with E-state index in [-0.39, 0.29) is 18.5 Å². The Hall–Kier alpha value is -2.15. The first-order valence-electron chi connectivity index (χ1n) is 5.50. The van der Waals surface area contributed by atoms with Gasteiger partial charge in [0, 0.05) is 6.20 Å². The molecule has 1 aromatic heterocycles. The number of imide groups is 1. The third-order valence-electron chi connectivity index (χ3n) is 2.76. The predicted molar refractivity (Wildman–Crippen MR) is 65.2 cm³/mol. The molecule has 1 aliphatic rings. The summed E-state index contributed by atoms with van der Waals surface area (Å²) in [5.41, 5.74) is 2.34. The van der Waals surface area contributed by atoms with E-state index in [1.807, 2.05) is 0 Å². The molecule has 0 aliphatic carbocycles. The van der Waals surface area contributed by atoms with E-state index in [0.717, 1.165) is 5.56 Å². The molecule has 96 valence electrons. The Morgan fingerprint density at radius 1 is 1.50 bits per heavy atom. The highest BCUT2D eigenvalue weighted by atomic mass is 16.2. The molecule has 0 radical (unpaired) electrons. The number of rotatable bonds is 3. The van der Waals surface area contributed by atoms with Gasteiger partial charge in [0.15, 0.2) is 0 Å². The number of aromatic nitrogens is 1. The molecule has 1 aliphatic heterocycles. The second kappa shape index (κ2) is 4.26. The molecule has 4 N–H and O–H groups in total. The van der Waals surface area contributed by atoms with Crippen LogP contribution in [0.3, 0.4) is 0 Å². The van der Waals surface area contributed by atoms with Crippen molar-refractivity contribution in [2.75, 3.05) is 5.43 Å². The molecular formula is C11H15N5O2. The van der Waals surface area contributed by atoms with E-state index in [1.54, 1.807) is 32.2 Å². The van der Waals surface area contributed by atoms with E-state index in [0.29, 0.717) is 5.82 Å². The van der Waals surface area contributed by atoms with Crippen molar-refractivity contribution >= 4 is 17.8 Å². The van der Waals surface area contributed by atoms with Gasteiger partial charge in [-0.05, 0) is 31.5 Å². The van der Waals surface area contributed by atoms with Crippen LogP contribution in [0.15, 0.2) is 18.3 Å². The van der Waals surface area contributed by atoms with Gasteiger partial charge in [0.2, 0.25) is 0 Å². The number of hydrogen-bond donors (Lipinski definition) is 3. The summed E-state index contributed by atoms with van der Waals surface area (Å²) in [6, 6.07) is 3.03. The molecule has 2 rings (SSSR count). The first-order chi connectivity index (χ1) is 8.44. The second-order valence-electron chi connectivity index (χ2n) is 4.64. The maximum atomic E-state index is 12.0. The Balaban J connectivity index is 2.19. The van der Waals surface area contributed by atoms with E-state index in [1.165, 1.54) is 4.90 Å². The highest BCUT2D eigenvalue weighted by molar-refractivity contribution is 6.06. The molecule has 0 aromatic carbocycles. The fourth-order valence-corrected chi connectivity index (χ4v) is 1.80. The zero-order valence-electron chi connectivity index (χ0n) is 10.2. The fourth-order valence-electron chi connectivity index (χ4n) is 1.80. The maximum Gasteiger partial charge on any atom is 0.325 e. The molecule has 0 saturated carbocycles. The van der Waals surface area contributed by atoms with E-state index in [4.69, 9.17) is 5.84 Å². The van der Waals surface area contributed by atoms with Crippen LogP contribution in [0.1, 0.15) is 19.4 Å². The summed E-state index contributed by atoms with van der Waals surface area (Å²) in [6.45, 7) is 3.55. The summed E-state index contributed by atoms with van der Waals surface area (Å²) >= 11 is 0. The molecule has 0 bridgehead atoms. The number of anilines is 1. The summed E-state index contributed by atoms with van der Waals surface area (Å²) in [5.74, 6) is 5.49. The minimum atomic E-state index is -0.848. The van der Waals surface area contributed by atoms with Crippen molar-refractivity contribution in [1.82, 2.24) is 15.2 Å². The number of urea groups is 1. The first-order valence-corrected chi connectivity index (χ1v) is 5.50. The SMILES string of the molecule is CC1(C)NC(=O)N(Cc2ccnc(NN)c2)C1=O. The number of carbonyl (C=O) groups excluding carboxylic acids is 2. The highest BCUT2D eigenvalue weighted by Crippen LogP contribution is 2.19. The minimum absolute atomic E-state index is 0.200. The molecule has 3 amide bonds. The lowest BCUT2D eigenvalue weighted by Crippen LogP contribution is -2.40. The van der Waals surface area contributed by atoms with Gasteiger partial charge in [-0.1, -0.05) is 0 Å². The quantitative estimate of drug-likeness (QED) is 0.403. The van der Waals surface area contributed by atoms with Crippen molar-refractivity contribution in [2.24, 2.45) is 5.84 Å². The molecule has 7 nitrogen and oxygen atoms in total. The molecule has 1 saturated heterocycles. The van der Waals surface area contributed by atoms with Gasteiger partial charge in [0.1, 0.15) is 11.4 Å². The average Bonchev–Trinajstić information content (AvgIpc) is 2.52. The van der Waals surface area contributed by atoms with Crippen molar-refractivity contribution in [3.05, 3.63) is 23.9 Å². The monoisotopic (exact) mass is 249 g/mol. The first kappa shape index (κ1) is 12.3. The second-order valence-corrected chi connectivity index (χ2v) is 4.64. The van der Waals surface area contributed by atoms with Gasteiger partial charge in [0.25, 0.3) is 5.91 Å². The lowest BCUT2D eigenvalue weighted by molar-refractivity contribution is -0.130. The Bertz CT molecular complexity index is 500. The van der Waals surface area contributed by atoms with Crippen LogP contribution in [-0.2, 0) is 11.3 Å². The van der Waals surface area contributed by atoms with Crippen molar-refractivity contribution in [3.8, 4) is 0 Å². The van der Waals surface area contributed by atoms with Crippen LogP contribution in [0.5, 0.6) is 0 Å². The number of hydrogen-bond acceptors (Lipinski definition) is 5. The number of carbonyl (C=O) groups is 2. The number of nitrogens with one attached hydrogen (secondary N) is 2. The maximum absolute atomic E-state index is 12.0. The summed E-state index contributed by atoms with van der Waals surface area (Å²) < 4.78 is 0. The highest BCUT2D eigenvalue weighted by Gasteiger charge is 2.44. The Morgan fingerprint density at radius 3 is 2.78 bits per heavy atom. The predicted octanol–water partition coefficient (Wildman–Crippen LogP) is 0.198. The van der Waals surface area contributed by atoms with Gasteiger partial charge in [0.05, 0.1) is 6.54 Å². The van der Waals surface area contributed by atoms with E-state index in [9.17, 15) is 9.59 Å². The van der Waals surface area contributed by atoms with Gasteiger partial charge >= 0.3 is 6.03 Å². The standard InChI is InChI=1S/C11H15N5O2/c1-11(2)9(17)16(10(18)14-11)6-7-3-4-13-8(5-7)15-12/h3-5H,6,12H2,1-2H3,(H,13,15)(H,14,18). The number of nitrogens with two attached hydrogens (primary N) is 1. The Morgan fingerprint density at radius 2 is 2.22 bits per heavy atom. The molecular weight excluding hydrogens is 234 g/mol. The summed E-state index contributed by atoms with van der Waals surface area (Å²) in [7, 11) is 0. The number of hydrazine groups is 1. The molecule has 0 atom stereocenters. The smallest absolute Gasteiger partial charge is 0.324 e. The zero-order chi connectivity index (χ0) is 13.3. The number of pyridine rings is 1.